The van der Waals surface area contributed by atoms with E-state index in [-0.39, 0.29) is 23.4 Å². The van der Waals surface area contributed by atoms with Crippen LogP contribution in [-0.4, -0.2) is 35.1 Å². The van der Waals surface area contributed by atoms with E-state index in [1.165, 1.54) is 26.5 Å². The number of nitrogens with one attached hydrogen (secondary N) is 1. The van der Waals surface area contributed by atoms with Crippen molar-refractivity contribution < 1.29 is 14.3 Å². The number of pyridine rings is 1. The number of nitrogens with zero attached hydrogens (tertiary/aromatic N) is 3. The average Bonchev–Trinajstić information content (AvgIpc) is 2.47. The van der Waals surface area contributed by atoms with Gasteiger partial charge in [0.1, 0.15) is 5.69 Å². The smallest absolute Gasteiger partial charge is 0.277 e. The van der Waals surface area contributed by atoms with Crippen LogP contribution in [-0.2, 0) is 0 Å². The summed E-state index contributed by atoms with van der Waals surface area (Å²) in [4.78, 5) is 24.1. The predicted molar refractivity (Wildman–Crippen MR) is 75.0 cm³/mol. The minimum absolute atomic E-state index is 0.0729. The Morgan fingerprint density at radius 2 is 1.90 bits per heavy atom. The fourth-order valence-corrected chi connectivity index (χ4v) is 1.82. The van der Waals surface area contributed by atoms with E-state index in [0.29, 0.717) is 4.47 Å². The molecule has 0 aliphatic carbocycles. The Hall–Kier alpha value is -2.22. The number of ether oxygens (including phenoxy) is 2. The van der Waals surface area contributed by atoms with Crippen LogP contribution in [0.3, 0.4) is 0 Å². The molecule has 0 aliphatic rings. The van der Waals surface area contributed by atoms with Gasteiger partial charge in [-0.15, -0.1) is 0 Å². The molecular formula is C12H11BrN4O3. The van der Waals surface area contributed by atoms with Gasteiger partial charge in [-0.25, -0.2) is 4.98 Å². The standard InChI is InChI=1S/C12H11BrN4O3/c1-19-8-6-9(20-2)16-12(15-8)17-11(18)10-7(13)4-3-5-14-10/h3-6H,1-2H3,(H,15,16,17,18). The lowest BCUT2D eigenvalue weighted by Crippen LogP contribution is -2.16. The number of carbonyl (C=O) groups excluding carboxylic acids is 1. The van der Waals surface area contributed by atoms with Crippen molar-refractivity contribution in [3.63, 3.8) is 0 Å². The number of hydrogen-bond acceptors (Lipinski definition) is 6. The molecule has 104 valence electrons. The first-order valence-corrected chi connectivity index (χ1v) is 6.32. The van der Waals surface area contributed by atoms with Crippen molar-refractivity contribution in [1.29, 1.82) is 0 Å². The summed E-state index contributed by atoms with van der Waals surface area (Å²) in [7, 11) is 2.92. The van der Waals surface area contributed by atoms with Crippen LogP contribution in [0, 0.1) is 0 Å². The number of aromatic nitrogens is 3. The van der Waals surface area contributed by atoms with Crippen molar-refractivity contribution in [1.82, 2.24) is 15.0 Å². The lowest BCUT2D eigenvalue weighted by atomic mass is 10.3. The molecule has 0 saturated heterocycles. The summed E-state index contributed by atoms with van der Waals surface area (Å²) >= 11 is 3.25. The summed E-state index contributed by atoms with van der Waals surface area (Å²) < 4.78 is 10.6. The van der Waals surface area contributed by atoms with Crippen LogP contribution >= 0.6 is 15.9 Å². The molecule has 0 bridgehead atoms. The van der Waals surface area contributed by atoms with Crippen molar-refractivity contribution >= 4 is 27.8 Å². The van der Waals surface area contributed by atoms with Crippen LogP contribution in [0.4, 0.5) is 5.95 Å². The second-order valence-electron chi connectivity index (χ2n) is 3.56. The first-order valence-electron chi connectivity index (χ1n) is 5.53. The Bertz CT molecular complexity index is 614. The third-order valence-electron chi connectivity index (χ3n) is 2.30. The minimum atomic E-state index is -0.437. The molecular weight excluding hydrogens is 328 g/mol. The Morgan fingerprint density at radius 1 is 1.25 bits per heavy atom. The molecule has 0 aromatic carbocycles. The Kier molecular flexibility index (Phi) is 4.46. The molecule has 7 nitrogen and oxygen atoms in total. The van der Waals surface area contributed by atoms with Gasteiger partial charge in [0.05, 0.1) is 20.3 Å². The molecule has 0 fully saturated rings. The molecule has 8 heteroatoms. The molecule has 1 N–H and O–H groups in total. The first kappa shape index (κ1) is 14.2. The molecule has 0 aliphatic heterocycles. The second-order valence-corrected chi connectivity index (χ2v) is 4.42. The SMILES string of the molecule is COc1cc(OC)nc(NC(=O)c2ncccc2Br)n1. The van der Waals surface area contributed by atoms with E-state index in [4.69, 9.17) is 9.47 Å². The average molecular weight is 339 g/mol. The molecule has 0 saturated carbocycles. The highest BCUT2D eigenvalue weighted by molar-refractivity contribution is 9.10. The Morgan fingerprint density at radius 3 is 2.45 bits per heavy atom. The minimum Gasteiger partial charge on any atom is -0.481 e. The summed E-state index contributed by atoms with van der Waals surface area (Å²) in [5.41, 5.74) is 0.234. The third kappa shape index (κ3) is 3.21. The zero-order chi connectivity index (χ0) is 14.5. The monoisotopic (exact) mass is 338 g/mol. The third-order valence-corrected chi connectivity index (χ3v) is 2.94. The van der Waals surface area contributed by atoms with Crippen molar-refractivity contribution in [3.8, 4) is 11.8 Å². The van der Waals surface area contributed by atoms with Gasteiger partial charge in [0, 0.05) is 10.7 Å². The number of methoxy groups -OCH3 is 2. The number of amides is 1. The fourth-order valence-electron chi connectivity index (χ4n) is 1.38. The first-order chi connectivity index (χ1) is 9.63. The molecule has 0 radical (unpaired) electrons. The number of rotatable bonds is 4. The molecule has 2 rings (SSSR count). The summed E-state index contributed by atoms with van der Waals surface area (Å²) in [5, 5.41) is 2.53. The van der Waals surface area contributed by atoms with E-state index in [1.807, 2.05) is 0 Å². The van der Waals surface area contributed by atoms with Crippen molar-refractivity contribution in [2.75, 3.05) is 19.5 Å². The highest BCUT2D eigenvalue weighted by Crippen LogP contribution is 2.19. The summed E-state index contributed by atoms with van der Waals surface area (Å²) in [6.07, 6.45) is 1.52. The van der Waals surface area contributed by atoms with Gasteiger partial charge < -0.3 is 9.47 Å². The van der Waals surface area contributed by atoms with Gasteiger partial charge in [0.15, 0.2) is 0 Å². The van der Waals surface area contributed by atoms with E-state index in [9.17, 15) is 4.79 Å². The van der Waals surface area contributed by atoms with Crippen LogP contribution in [0.25, 0.3) is 0 Å². The topological polar surface area (TPSA) is 86.2 Å². The molecule has 0 spiro atoms. The van der Waals surface area contributed by atoms with Crippen molar-refractivity contribution in [2.45, 2.75) is 0 Å². The predicted octanol–water partition coefficient (Wildman–Crippen LogP) is 1.90. The summed E-state index contributed by atoms with van der Waals surface area (Å²) in [5.74, 6) is 0.205. The van der Waals surface area contributed by atoms with Gasteiger partial charge in [-0.05, 0) is 28.1 Å². The quantitative estimate of drug-likeness (QED) is 0.916. The maximum Gasteiger partial charge on any atom is 0.277 e. The number of anilines is 1. The van der Waals surface area contributed by atoms with E-state index in [0.717, 1.165) is 0 Å². The highest BCUT2D eigenvalue weighted by Gasteiger charge is 2.14. The van der Waals surface area contributed by atoms with Gasteiger partial charge in [0.25, 0.3) is 5.91 Å². The lowest BCUT2D eigenvalue weighted by molar-refractivity contribution is 0.102. The van der Waals surface area contributed by atoms with E-state index in [1.54, 1.807) is 12.1 Å². The summed E-state index contributed by atoms with van der Waals surface area (Å²) in [6, 6.07) is 4.94. The van der Waals surface area contributed by atoms with Gasteiger partial charge in [-0.1, -0.05) is 0 Å². The number of carbonyl (C=O) groups is 1. The lowest BCUT2D eigenvalue weighted by Gasteiger charge is -2.07. The van der Waals surface area contributed by atoms with E-state index in [2.05, 4.69) is 36.2 Å². The highest BCUT2D eigenvalue weighted by atomic mass is 79.9. The fraction of sp³-hybridized carbons (Fsp3) is 0.167. The normalized spacial score (nSPS) is 9.95. The van der Waals surface area contributed by atoms with Crippen LogP contribution in [0.1, 0.15) is 10.5 Å². The zero-order valence-electron chi connectivity index (χ0n) is 10.8. The number of halogens is 1. The molecule has 20 heavy (non-hydrogen) atoms. The molecule has 1 amide bonds. The van der Waals surface area contributed by atoms with Crippen molar-refractivity contribution in [3.05, 3.63) is 34.6 Å². The second kappa shape index (κ2) is 6.29. The zero-order valence-corrected chi connectivity index (χ0v) is 12.3. The number of hydrogen-bond donors (Lipinski definition) is 1. The van der Waals surface area contributed by atoms with Crippen molar-refractivity contribution in [2.24, 2.45) is 0 Å². The van der Waals surface area contributed by atoms with Crippen LogP contribution in [0.15, 0.2) is 28.9 Å². The largest absolute Gasteiger partial charge is 0.481 e. The molecule has 2 aromatic heterocycles. The summed E-state index contributed by atoms with van der Waals surface area (Å²) in [6.45, 7) is 0. The molecule has 2 heterocycles. The Labute approximate surface area is 123 Å². The van der Waals surface area contributed by atoms with Gasteiger partial charge in [-0.3, -0.25) is 10.1 Å². The van der Waals surface area contributed by atoms with Crippen LogP contribution < -0.4 is 14.8 Å². The molecule has 0 atom stereocenters. The van der Waals surface area contributed by atoms with E-state index < -0.39 is 5.91 Å². The van der Waals surface area contributed by atoms with Gasteiger partial charge in [-0.2, -0.15) is 9.97 Å². The molecule has 0 unspecified atom stereocenters. The maximum absolute atomic E-state index is 12.1. The van der Waals surface area contributed by atoms with Gasteiger partial charge >= 0.3 is 0 Å². The van der Waals surface area contributed by atoms with Gasteiger partial charge in [0.2, 0.25) is 17.7 Å². The van der Waals surface area contributed by atoms with Crippen LogP contribution in [0.5, 0.6) is 11.8 Å². The maximum atomic E-state index is 12.1. The van der Waals surface area contributed by atoms with Crippen LogP contribution in [0.2, 0.25) is 0 Å². The van der Waals surface area contributed by atoms with E-state index >= 15 is 0 Å². The molecule has 2 aromatic rings. The Balaban J connectivity index is 2.26.